The van der Waals surface area contributed by atoms with Gasteiger partial charge in [0.15, 0.2) is 18.1 Å². The topological polar surface area (TPSA) is 177 Å². The number of alkyl carbamates (subject to hydrolysis) is 1. The number of Topliss-reactive ketones (excluding diaryl/α,β-unsaturated/α-hetero) is 1. The zero-order chi connectivity index (χ0) is 34.8. The van der Waals surface area contributed by atoms with Gasteiger partial charge in [-0.2, -0.15) is 0 Å². The highest BCUT2D eigenvalue weighted by Crippen LogP contribution is 2.70. The maximum absolute atomic E-state index is 17.4. The average molecular weight is 673 g/mol. The van der Waals surface area contributed by atoms with Crippen LogP contribution in [0.5, 0.6) is 0 Å². The number of hydroxylamine groups is 2. The number of fused-ring (bicyclic) bond motifs is 5. The molecular weight excluding hydrogens is 627 g/mol. The first-order chi connectivity index (χ1) is 22.6. The number of imide groups is 1. The lowest BCUT2D eigenvalue weighted by Crippen LogP contribution is -2.69. The monoisotopic (exact) mass is 672 g/mol. The molecule has 0 radical (unpaired) electrons. The molecule has 1 saturated heterocycles. The average Bonchev–Trinajstić information content (AvgIpc) is 3.47. The summed E-state index contributed by atoms with van der Waals surface area (Å²) in [6.07, 6.45) is 5.17. The zero-order valence-corrected chi connectivity index (χ0v) is 27.7. The van der Waals surface area contributed by atoms with E-state index in [1.165, 1.54) is 12.2 Å². The van der Waals surface area contributed by atoms with Crippen LogP contribution in [-0.2, 0) is 33.5 Å². The van der Waals surface area contributed by atoms with E-state index in [1.54, 1.807) is 26.8 Å². The first-order valence-corrected chi connectivity index (χ1v) is 17.1. The second-order valence-corrected chi connectivity index (χ2v) is 15.3. The number of hydrogen-bond acceptors (Lipinski definition) is 10. The van der Waals surface area contributed by atoms with E-state index >= 15 is 4.39 Å². The van der Waals surface area contributed by atoms with Gasteiger partial charge in [-0.25, -0.2) is 14.0 Å². The number of allylic oxidation sites excluding steroid dienone is 4. The summed E-state index contributed by atoms with van der Waals surface area (Å²) in [7, 11) is 0. The van der Waals surface area contributed by atoms with Crippen molar-refractivity contribution in [3.8, 4) is 0 Å². The maximum atomic E-state index is 17.4. The number of alkyl halides is 1. The Morgan fingerprint density at radius 1 is 1.02 bits per heavy atom. The van der Waals surface area contributed by atoms with Crippen molar-refractivity contribution in [3.05, 3.63) is 23.8 Å². The number of rotatable bonds is 7. The molecule has 5 fully saturated rings. The van der Waals surface area contributed by atoms with Crippen molar-refractivity contribution in [3.63, 3.8) is 0 Å². The predicted molar refractivity (Wildman–Crippen MR) is 165 cm³/mol. The van der Waals surface area contributed by atoms with Crippen molar-refractivity contribution in [2.45, 2.75) is 102 Å². The molecule has 0 aromatic heterocycles. The molecule has 5 aliphatic carbocycles. The lowest BCUT2D eigenvalue weighted by molar-refractivity contribution is -0.219. The first kappa shape index (κ1) is 34.4. The van der Waals surface area contributed by atoms with Gasteiger partial charge < -0.3 is 25.1 Å². The smallest absolute Gasteiger partial charge is 0.407 e. The zero-order valence-electron chi connectivity index (χ0n) is 27.7. The molecule has 3 N–H and O–H groups in total. The van der Waals surface area contributed by atoms with Crippen molar-refractivity contribution in [1.29, 1.82) is 0 Å². The Morgan fingerprint density at radius 3 is 2.35 bits per heavy atom. The highest BCUT2D eigenvalue weighted by atomic mass is 19.1. The van der Waals surface area contributed by atoms with E-state index in [2.05, 4.69) is 5.32 Å². The molecule has 1 heterocycles. The lowest BCUT2D eigenvalue weighted by atomic mass is 9.44. The normalized spacial score (nSPS) is 42.0. The summed E-state index contributed by atoms with van der Waals surface area (Å²) in [4.78, 5) is 79.4. The molecule has 12 nitrogen and oxygen atoms in total. The molecule has 0 bridgehead atoms. The van der Waals surface area contributed by atoms with Gasteiger partial charge in [-0.15, -0.1) is 5.06 Å². The standard InChI is InChI=1S/C35H45FN2O10/c1-19-14-25-24-9-8-22-15-23(39)12-13-32(22,2)34(24,36)26(40)16-33(25,3)35(19,46)27(41)18-47-31(45)37-17-20-4-6-21(7-5-20)30(44)48-38-28(42)10-11-29(38)43/h12-13,15,19-21,24-26,40,46H,4-11,14,16-18H2,1-3H3,(H,37,45)/t19-,20?,21?,24+,25+,26+,32+,33+,34+,35+/m1/s1. The number of ether oxygens (including phenoxy) is 1. The van der Waals surface area contributed by atoms with Gasteiger partial charge in [-0.1, -0.05) is 25.5 Å². The van der Waals surface area contributed by atoms with E-state index in [9.17, 15) is 39.0 Å². The number of halogens is 1. The Kier molecular flexibility index (Phi) is 8.71. The number of carbonyl (C=O) groups is 6. The van der Waals surface area contributed by atoms with Gasteiger partial charge in [0.1, 0.15) is 5.60 Å². The second kappa shape index (κ2) is 12.2. The second-order valence-electron chi connectivity index (χ2n) is 15.3. The summed E-state index contributed by atoms with van der Waals surface area (Å²) in [5.74, 6) is -4.72. The summed E-state index contributed by atoms with van der Waals surface area (Å²) in [5.41, 5.74) is -5.77. The van der Waals surface area contributed by atoms with Crippen molar-refractivity contribution in [2.24, 2.45) is 40.4 Å². The molecule has 6 aliphatic rings. The Hall–Kier alpha value is -3.45. The molecule has 0 aromatic rings. The first-order valence-electron chi connectivity index (χ1n) is 17.1. The predicted octanol–water partition coefficient (Wildman–Crippen LogP) is 3.04. The Balaban J connectivity index is 1.03. The van der Waals surface area contributed by atoms with Crippen LogP contribution in [0.3, 0.4) is 0 Å². The minimum absolute atomic E-state index is 0.0226. The SMILES string of the molecule is C[C@@H]1C[C@H]2[C@@H]3CCC4=CC(=O)C=C[C@]4(C)[C@@]3(F)[C@@H](O)C[C@]2(C)[C@@]1(O)C(=O)COC(=O)NCC1CCC(C(=O)ON2C(=O)CCC2=O)CC1. The van der Waals surface area contributed by atoms with E-state index in [4.69, 9.17) is 9.57 Å². The number of aliphatic hydroxyl groups is 2. The molecule has 0 aromatic carbocycles. The van der Waals surface area contributed by atoms with E-state index in [-0.39, 0.29) is 37.5 Å². The van der Waals surface area contributed by atoms with Gasteiger partial charge in [0, 0.05) is 36.1 Å². The van der Waals surface area contributed by atoms with Crippen LogP contribution >= 0.6 is 0 Å². The third-order valence-corrected chi connectivity index (χ3v) is 12.9. The summed E-state index contributed by atoms with van der Waals surface area (Å²) in [5, 5.41) is 26.8. The third-order valence-electron chi connectivity index (χ3n) is 12.9. The number of nitrogens with zero attached hydrogens (tertiary/aromatic N) is 1. The van der Waals surface area contributed by atoms with E-state index in [1.807, 2.05) is 0 Å². The molecule has 262 valence electrons. The van der Waals surface area contributed by atoms with Crippen molar-refractivity contribution in [2.75, 3.05) is 13.2 Å². The number of nitrogens with one attached hydrogen (secondary N) is 1. The van der Waals surface area contributed by atoms with E-state index in [0.717, 1.165) is 0 Å². The molecule has 8 atom stereocenters. The van der Waals surface area contributed by atoms with Gasteiger partial charge in [0.05, 0.1) is 12.0 Å². The summed E-state index contributed by atoms with van der Waals surface area (Å²) < 4.78 is 22.6. The van der Waals surface area contributed by atoms with E-state index < -0.39 is 88.1 Å². The molecule has 3 amide bonds. The van der Waals surface area contributed by atoms with Crippen LogP contribution in [-0.4, -0.2) is 81.2 Å². The van der Waals surface area contributed by atoms with Crippen LogP contribution < -0.4 is 5.32 Å². The van der Waals surface area contributed by atoms with Gasteiger partial charge in [-0.3, -0.25) is 19.2 Å². The summed E-state index contributed by atoms with van der Waals surface area (Å²) in [6.45, 7) is 4.71. The number of aliphatic hydroxyl groups excluding tert-OH is 1. The molecule has 0 unspecified atom stereocenters. The maximum Gasteiger partial charge on any atom is 0.407 e. The van der Waals surface area contributed by atoms with Crippen molar-refractivity contribution < 1.29 is 52.9 Å². The van der Waals surface area contributed by atoms with Crippen LogP contribution in [0.2, 0.25) is 0 Å². The molecule has 1 aliphatic heterocycles. The van der Waals surface area contributed by atoms with Crippen molar-refractivity contribution in [1.82, 2.24) is 10.4 Å². The van der Waals surface area contributed by atoms with Crippen LogP contribution in [0.1, 0.15) is 85.0 Å². The molecule has 13 heteroatoms. The van der Waals surface area contributed by atoms with Gasteiger partial charge in [-0.05, 0) is 88.2 Å². The summed E-state index contributed by atoms with van der Waals surface area (Å²) >= 11 is 0. The third kappa shape index (κ3) is 5.14. The van der Waals surface area contributed by atoms with Crippen LogP contribution in [0.4, 0.5) is 9.18 Å². The van der Waals surface area contributed by atoms with Gasteiger partial charge in [0.25, 0.3) is 11.8 Å². The van der Waals surface area contributed by atoms with Gasteiger partial charge in [0.2, 0.25) is 5.78 Å². The largest absolute Gasteiger partial charge is 0.441 e. The Morgan fingerprint density at radius 2 is 1.69 bits per heavy atom. The number of ketones is 2. The number of amides is 3. The minimum atomic E-state index is -2.09. The highest BCUT2D eigenvalue weighted by Gasteiger charge is 2.75. The number of hydrogen-bond donors (Lipinski definition) is 3. The van der Waals surface area contributed by atoms with Crippen LogP contribution in [0.25, 0.3) is 0 Å². The fourth-order valence-corrected chi connectivity index (χ4v) is 10.1. The van der Waals surface area contributed by atoms with Crippen molar-refractivity contribution >= 4 is 35.4 Å². The molecule has 4 saturated carbocycles. The Labute approximate surface area is 278 Å². The van der Waals surface area contributed by atoms with Crippen LogP contribution in [0, 0.1) is 40.4 Å². The minimum Gasteiger partial charge on any atom is -0.441 e. The highest BCUT2D eigenvalue weighted by molar-refractivity contribution is 6.02. The Bertz CT molecular complexity index is 1470. The lowest BCUT2D eigenvalue weighted by Gasteiger charge is -2.62. The summed E-state index contributed by atoms with van der Waals surface area (Å²) in [6, 6.07) is 0. The molecule has 48 heavy (non-hydrogen) atoms. The molecule has 0 spiro atoms. The fraction of sp³-hybridized carbons (Fsp3) is 0.714. The quantitative estimate of drug-likeness (QED) is 0.341. The van der Waals surface area contributed by atoms with E-state index in [0.29, 0.717) is 55.6 Å². The number of carbonyl (C=O) groups excluding carboxylic acids is 6. The molecule has 6 rings (SSSR count). The van der Waals surface area contributed by atoms with Gasteiger partial charge >= 0.3 is 12.1 Å². The molecular formula is C35H45FN2O10. The fourth-order valence-electron chi connectivity index (χ4n) is 10.1. The van der Waals surface area contributed by atoms with Crippen LogP contribution in [0.15, 0.2) is 23.8 Å².